The van der Waals surface area contributed by atoms with Gasteiger partial charge >= 0.3 is 0 Å². The molecule has 0 atom stereocenters. The van der Waals surface area contributed by atoms with Crippen molar-refractivity contribution in [1.29, 1.82) is 0 Å². The van der Waals surface area contributed by atoms with Crippen molar-refractivity contribution >= 4 is 16.8 Å². The van der Waals surface area contributed by atoms with Crippen LogP contribution in [0.3, 0.4) is 0 Å². The molecular formula is C14H17N3O. The summed E-state index contributed by atoms with van der Waals surface area (Å²) in [7, 11) is 0. The van der Waals surface area contributed by atoms with E-state index in [0.29, 0.717) is 6.54 Å². The molecule has 0 spiro atoms. The molecule has 0 fully saturated rings. The molecule has 0 aliphatic heterocycles. The standard InChI is InChI=1S/C14H17N3O/c15-16-14(18)9-17-12-7-3-1-5-10(12)11-6-2-4-8-13(11)17/h1,3,5,7H,2,4,6,8-9,15H2,(H,16,18). The number of nitrogens with two attached hydrogens (primary N) is 1. The third kappa shape index (κ3) is 1.69. The third-order valence-corrected chi connectivity index (χ3v) is 3.75. The first-order valence-electron chi connectivity index (χ1n) is 6.39. The van der Waals surface area contributed by atoms with Crippen molar-refractivity contribution in [2.24, 2.45) is 5.84 Å². The highest BCUT2D eigenvalue weighted by molar-refractivity contribution is 5.87. The number of fused-ring (bicyclic) bond motifs is 3. The minimum Gasteiger partial charge on any atom is -0.335 e. The average Bonchev–Trinajstić information content (AvgIpc) is 2.74. The molecule has 0 saturated carbocycles. The molecular weight excluding hydrogens is 226 g/mol. The van der Waals surface area contributed by atoms with Crippen LogP contribution in [0.1, 0.15) is 24.1 Å². The van der Waals surface area contributed by atoms with Crippen LogP contribution in [-0.4, -0.2) is 10.5 Å². The number of hydrogen-bond acceptors (Lipinski definition) is 2. The van der Waals surface area contributed by atoms with Gasteiger partial charge in [0.1, 0.15) is 6.54 Å². The smallest absolute Gasteiger partial charge is 0.253 e. The lowest BCUT2D eigenvalue weighted by atomic mass is 9.96. The topological polar surface area (TPSA) is 60.0 Å². The summed E-state index contributed by atoms with van der Waals surface area (Å²) in [5.41, 5.74) is 6.09. The Balaban J connectivity index is 2.19. The van der Waals surface area contributed by atoms with E-state index in [0.717, 1.165) is 18.4 Å². The van der Waals surface area contributed by atoms with E-state index in [-0.39, 0.29) is 5.91 Å². The van der Waals surface area contributed by atoms with Gasteiger partial charge < -0.3 is 4.57 Å². The van der Waals surface area contributed by atoms with Gasteiger partial charge in [0.15, 0.2) is 0 Å². The molecule has 1 aromatic heterocycles. The van der Waals surface area contributed by atoms with Crippen molar-refractivity contribution in [2.45, 2.75) is 32.2 Å². The molecule has 0 unspecified atom stereocenters. The molecule has 0 bridgehead atoms. The highest BCUT2D eigenvalue weighted by Gasteiger charge is 2.20. The van der Waals surface area contributed by atoms with E-state index in [9.17, 15) is 4.79 Å². The Morgan fingerprint density at radius 3 is 2.89 bits per heavy atom. The number of nitrogens with one attached hydrogen (secondary N) is 1. The predicted molar refractivity (Wildman–Crippen MR) is 70.9 cm³/mol. The number of hydrazine groups is 1. The zero-order chi connectivity index (χ0) is 12.5. The van der Waals surface area contributed by atoms with Crippen LogP contribution in [-0.2, 0) is 24.2 Å². The molecule has 1 amide bonds. The van der Waals surface area contributed by atoms with Crippen LogP contribution in [0.5, 0.6) is 0 Å². The van der Waals surface area contributed by atoms with Crippen LogP contribution in [0.4, 0.5) is 0 Å². The molecule has 3 rings (SSSR count). The first kappa shape index (κ1) is 11.3. The second-order valence-electron chi connectivity index (χ2n) is 4.80. The van der Waals surface area contributed by atoms with Gasteiger partial charge in [-0.25, -0.2) is 5.84 Å². The largest absolute Gasteiger partial charge is 0.335 e. The van der Waals surface area contributed by atoms with Crippen molar-refractivity contribution in [3.63, 3.8) is 0 Å². The minimum atomic E-state index is -0.149. The van der Waals surface area contributed by atoms with Crippen LogP contribution in [0.2, 0.25) is 0 Å². The van der Waals surface area contributed by atoms with Gasteiger partial charge in [-0.1, -0.05) is 18.2 Å². The molecule has 1 aliphatic carbocycles. The Kier molecular flexibility index (Phi) is 2.80. The lowest BCUT2D eigenvalue weighted by Gasteiger charge is -2.15. The van der Waals surface area contributed by atoms with Crippen molar-refractivity contribution in [2.75, 3.05) is 0 Å². The van der Waals surface area contributed by atoms with Crippen molar-refractivity contribution in [3.8, 4) is 0 Å². The fourth-order valence-corrected chi connectivity index (χ4v) is 2.96. The van der Waals surface area contributed by atoms with E-state index in [4.69, 9.17) is 5.84 Å². The maximum atomic E-state index is 11.6. The van der Waals surface area contributed by atoms with Crippen LogP contribution in [0, 0.1) is 0 Å². The molecule has 0 saturated heterocycles. The van der Waals surface area contributed by atoms with Gasteiger partial charge in [0, 0.05) is 16.6 Å². The van der Waals surface area contributed by atoms with Gasteiger partial charge in [0.25, 0.3) is 5.91 Å². The molecule has 2 aromatic rings. The second-order valence-corrected chi connectivity index (χ2v) is 4.80. The summed E-state index contributed by atoms with van der Waals surface area (Å²) in [4.78, 5) is 11.6. The summed E-state index contributed by atoms with van der Waals surface area (Å²) in [6, 6.07) is 8.31. The molecule has 94 valence electrons. The lowest BCUT2D eigenvalue weighted by Crippen LogP contribution is -2.33. The maximum absolute atomic E-state index is 11.6. The molecule has 1 aromatic carbocycles. The summed E-state index contributed by atoms with van der Waals surface area (Å²) in [5.74, 6) is 5.05. The van der Waals surface area contributed by atoms with Crippen LogP contribution in [0.15, 0.2) is 24.3 Å². The third-order valence-electron chi connectivity index (χ3n) is 3.75. The minimum absolute atomic E-state index is 0.149. The van der Waals surface area contributed by atoms with E-state index in [1.54, 1.807) is 0 Å². The fraction of sp³-hybridized carbons (Fsp3) is 0.357. The highest BCUT2D eigenvalue weighted by atomic mass is 16.2. The summed E-state index contributed by atoms with van der Waals surface area (Å²) in [5, 5.41) is 1.29. The number of carbonyl (C=O) groups is 1. The second kappa shape index (κ2) is 4.46. The first-order valence-corrected chi connectivity index (χ1v) is 6.39. The number of nitrogens with zero attached hydrogens (tertiary/aromatic N) is 1. The van der Waals surface area contributed by atoms with Gasteiger partial charge in [-0.05, 0) is 37.3 Å². The van der Waals surface area contributed by atoms with E-state index in [1.165, 1.54) is 29.5 Å². The Hall–Kier alpha value is -1.81. The summed E-state index contributed by atoms with van der Waals surface area (Å²) in [6.07, 6.45) is 4.62. The Bertz CT molecular complexity index is 600. The Labute approximate surface area is 106 Å². The zero-order valence-corrected chi connectivity index (χ0v) is 10.3. The summed E-state index contributed by atoms with van der Waals surface area (Å²) < 4.78 is 2.12. The number of rotatable bonds is 2. The van der Waals surface area contributed by atoms with Crippen LogP contribution >= 0.6 is 0 Å². The van der Waals surface area contributed by atoms with Gasteiger partial charge in [-0.3, -0.25) is 10.2 Å². The van der Waals surface area contributed by atoms with Crippen molar-refractivity contribution < 1.29 is 4.79 Å². The average molecular weight is 243 g/mol. The molecule has 3 N–H and O–H groups in total. The predicted octanol–water partition coefficient (Wildman–Crippen LogP) is 1.51. The summed E-state index contributed by atoms with van der Waals surface area (Å²) in [6.45, 7) is 0.312. The molecule has 1 aliphatic rings. The number of carbonyl (C=O) groups excluding carboxylic acids is 1. The Morgan fingerprint density at radius 1 is 1.28 bits per heavy atom. The monoisotopic (exact) mass is 243 g/mol. The van der Waals surface area contributed by atoms with Crippen molar-refractivity contribution in [1.82, 2.24) is 9.99 Å². The summed E-state index contributed by atoms with van der Waals surface area (Å²) >= 11 is 0. The van der Waals surface area contributed by atoms with Crippen molar-refractivity contribution in [3.05, 3.63) is 35.5 Å². The number of amides is 1. The molecule has 1 heterocycles. The quantitative estimate of drug-likeness (QED) is 0.477. The molecule has 4 heteroatoms. The Morgan fingerprint density at radius 2 is 2.06 bits per heavy atom. The zero-order valence-electron chi connectivity index (χ0n) is 10.3. The van der Waals surface area contributed by atoms with Crippen LogP contribution < -0.4 is 11.3 Å². The van der Waals surface area contributed by atoms with E-state index in [1.807, 2.05) is 6.07 Å². The normalized spacial score (nSPS) is 14.5. The molecule has 0 radical (unpaired) electrons. The number of benzene rings is 1. The van der Waals surface area contributed by atoms with E-state index < -0.39 is 0 Å². The lowest BCUT2D eigenvalue weighted by molar-refractivity contribution is -0.121. The first-order chi connectivity index (χ1) is 8.81. The number of aryl methyl sites for hydroxylation is 1. The highest BCUT2D eigenvalue weighted by Crippen LogP contribution is 2.31. The number of para-hydroxylation sites is 1. The maximum Gasteiger partial charge on any atom is 0.253 e. The van der Waals surface area contributed by atoms with Gasteiger partial charge in [0.05, 0.1) is 0 Å². The van der Waals surface area contributed by atoms with Gasteiger partial charge in [-0.2, -0.15) is 0 Å². The van der Waals surface area contributed by atoms with Gasteiger partial charge in [-0.15, -0.1) is 0 Å². The van der Waals surface area contributed by atoms with Crippen LogP contribution in [0.25, 0.3) is 10.9 Å². The SMILES string of the molecule is NNC(=O)Cn1c2c(c3ccccc31)CCCC2. The van der Waals surface area contributed by atoms with E-state index >= 15 is 0 Å². The fourth-order valence-electron chi connectivity index (χ4n) is 2.96. The number of hydrogen-bond donors (Lipinski definition) is 2. The van der Waals surface area contributed by atoms with E-state index in [2.05, 4.69) is 28.2 Å². The number of aromatic nitrogens is 1. The van der Waals surface area contributed by atoms with Gasteiger partial charge in [0.2, 0.25) is 0 Å². The molecule has 18 heavy (non-hydrogen) atoms. The molecule has 4 nitrogen and oxygen atoms in total.